The predicted octanol–water partition coefficient (Wildman–Crippen LogP) is 0.958. The summed E-state index contributed by atoms with van der Waals surface area (Å²) in [6.45, 7) is 1.67. The molecule has 0 aromatic heterocycles. The first-order valence-corrected chi connectivity index (χ1v) is 5.31. The van der Waals surface area contributed by atoms with E-state index < -0.39 is 18.1 Å². The van der Waals surface area contributed by atoms with Crippen LogP contribution in [0.15, 0.2) is 30.3 Å². The number of amides is 1. The lowest BCUT2D eigenvalue weighted by Crippen LogP contribution is -2.44. The highest BCUT2D eigenvalue weighted by atomic mass is 16.5. The molecule has 1 fully saturated rings. The zero-order valence-corrected chi connectivity index (χ0v) is 9.37. The Kier molecular flexibility index (Phi) is 3.10. The van der Waals surface area contributed by atoms with E-state index in [-0.39, 0.29) is 12.6 Å². The summed E-state index contributed by atoms with van der Waals surface area (Å²) in [5.41, 5.74) is 0.469. The molecule has 5 nitrogen and oxygen atoms in total. The molecule has 5 heteroatoms. The fraction of sp³-hybridized carbons (Fsp3) is 0.333. The summed E-state index contributed by atoms with van der Waals surface area (Å²) in [7, 11) is 0. The first kappa shape index (κ1) is 11.6. The Balaban J connectivity index is 2.23. The van der Waals surface area contributed by atoms with Crippen molar-refractivity contribution in [2.75, 3.05) is 6.73 Å². The summed E-state index contributed by atoms with van der Waals surface area (Å²) < 4.78 is 5.21. The Morgan fingerprint density at radius 2 is 2.00 bits per heavy atom. The molecule has 1 aromatic rings. The Bertz CT molecular complexity index is 431. The summed E-state index contributed by atoms with van der Waals surface area (Å²) in [4.78, 5) is 24.4. The van der Waals surface area contributed by atoms with Crippen LogP contribution in [0.2, 0.25) is 0 Å². The van der Waals surface area contributed by atoms with Gasteiger partial charge in [-0.2, -0.15) is 0 Å². The van der Waals surface area contributed by atoms with Crippen molar-refractivity contribution in [3.8, 4) is 0 Å². The molecule has 2 unspecified atom stereocenters. The summed E-state index contributed by atoms with van der Waals surface area (Å²) in [6, 6.07) is 7.68. The highest BCUT2D eigenvalue weighted by Crippen LogP contribution is 2.20. The maximum atomic E-state index is 12.1. The Morgan fingerprint density at radius 1 is 1.35 bits per heavy atom. The molecule has 1 aliphatic heterocycles. The highest BCUT2D eigenvalue weighted by molar-refractivity contribution is 5.96. The lowest BCUT2D eigenvalue weighted by atomic mass is 10.1. The first-order valence-electron chi connectivity index (χ1n) is 5.31. The number of carboxylic acid groups (broad SMARTS) is 1. The number of nitrogens with zero attached hydrogens (tertiary/aromatic N) is 1. The van der Waals surface area contributed by atoms with Crippen LogP contribution >= 0.6 is 0 Å². The molecule has 2 atom stereocenters. The standard InChI is InChI=1S/C12H13NO4/c1-8-10(12(15)16)13(7-17-8)11(14)9-5-3-2-4-6-9/h2-6,8,10H,7H2,1H3,(H,15,16). The maximum absolute atomic E-state index is 12.1. The second-order valence-corrected chi connectivity index (χ2v) is 3.92. The number of carbonyl (C=O) groups is 2. The van der Waals surface area contributed by atoms with E-state index in [1.165, 1.54) is 4.90 Å². The van der Waals surface area contributed by atoms with E-state index in [1.807, 2.05) is 0 Å². The largest absolute Gasteiger partial charge is 0.480 e. The number of carbonyl (C=O) groups excluding carboxylic acids is 1. The summed E-state index contributed by atoms with van der Waals surface area (Å²) >= 11 is 0. The number of benzene rings is 1. The van der Waals surface area contributed by atoms with Crippen LogP contribution in [-0.4, -0.2) is 40.8 Å². The van der Waals surface area contributed by atoms with E-state index in [1.54, 1.807) is 37.3 Å². The number of carboxylic acids is 1. The average Bonchev–Trinajstić information content (AvgIpc) is 2.71. The van der Waals surface area contributed by atoms with Crippen molar-refractivity contribution in [1.82, 2.24) is 4.90 Å². The zero-order chi connectivity index (χ0) is 12.4. The molecule has 0 spiro atoms. The monoisotopic (exact) mass is 235 g/mol. The molecule has 1 saturated heterocycles. The lowest BCUT2D eigenvalue weighted by molar-refractivity contribution is -0.142. The normalized spacial score (nSPS) is 23.7. The molecule has 1 heterocycles. The fourth-order valence-electron chi connectivity index (χ4n) is 1.89. The molecule has 0 saturated carbocycles. The molecular formula is C12H13NO4. The molecule has 1 aliphatic rings. The van der Waals surface area contributed by atoms with Gasteiger partial charge < -0.3 is 9.84 Å². The van der Waals surface area contributed by atoms with E-state index in [0.717, 1.165) is 0 Å². The molecule has 0 aliphatic carbocycles. The molecule has 17 heavy (non-hydrogen) atoms. The molecule has 0 bridgehead atoms. The number of aliphatic carboxylic acids is 1. The minimum absolute atomic E-state index is 0.0197. The molecule has 1 amide bonds. The molecule has 90 valence electrons. The Morgan fingerprint density at radius 3 is 2.59 bits per heavy atom. The van der Waals surface area contributed by atoms with Crippen LogP contribution in [0.3, 0.4) is 0 Å². The third-order valence-electron chi connectivity index (χ3n) is 2.79. The van der Waals surface area contributed by atoms with E-state index in [9.17, 15) is 9.59 Å². The van der Waals surface area contributed by atoms with Gasteiger partial charge >= 0.3 is 5.97 Å². The minimum Gasteiger partial charge on any atom is -0.480 e. The number of rotatable bonds is 2. The molecule has 1 N–H and O–H groups in total. The van der Waals surface area contributed by atoms with Crippen LogP contribution in [0.1, 0.15) is 17.3 Å². The van der Waals surface area contributed by atoms with Gasteiger partial charge in [-0.25, -0.2) is 4.79 Å². The third-order valence-corrected chi connectivity index (χ3v) is 2.79. The van der Waals surface area contributed by atoms with Crippen LogP contribution in [-0.2, 0) is 9.53 Å². The van der Waals surface area contributed by atoms with E-state index in [0.29, 0.717) is 5.56 Å². The van der Waals surface area contributed by atoms with Gasteiger partial charge in [0, 0.05) is 5.56 Å². The van der Waals surface area contributed by atoms with Crippen LogP contribution in [0.25, 0.3) is 0 Å². The first-order chi connectivity index (χ1) is 8.11. The van der Waals surface area contributed by atoms with Gasteiger partial charge in [-0.15, -0.1) is 0 Å². The average molecular weight is 235 g/mol. The molecule has 2 rings (SSSR count). The number of hydrogen-bond donors (Lipinski definition) is 1. The summed E-state index contributed by atoms with van der Waals surface area (Å²) in [5, 5.41) is 9.08. The van der Waals surface area contributed by atoms with Gasteiger partial charge in [0.05, 0.1) is 6.10 Å². The Hall–Kier alpha value is -1.88. The smallest absolute Gasteiger partial charge is 0.329 e. The highest BCUT2D eigenvalue weighted by Gasteiger charge is 2.40. The molecular weight excluding hydrogens is 222 g/mol. The van der Waals surface area contributed by atoms with Gasteiger partial charge in [-0.3, -0.25) is 9.69 Å². The van der Waals surface area contributed by atoms with E-state index in [4.69, 9.17) is 9.84 Å². The topological polar surface area (TPSA) is 66.8 Å². The van der Waals surface area contributed by atoms with E-state index >= 15 is 0 Å². The zero-order valence-electron chi connectivity index (χ0n) is 9.37. The van der Waals surface area contributed by atoms with Gasteiger partial charge in [0.1, 0.15) is 6.73 Å². The molecule has 1 aromatic carbocycles. The van der Waals surface area contributed by atoms with Crippen molar-refractivity contribution in [1.29, 1.82) is 0 Å². The SMILES string of the molecule is CC1OCN(C(=O)c2ccccc2)C1C(=O)O. The van der Waals surface area contributed by atoms with Crippen LogP contribution in [0.4, 0.5) is 0 Å². The van der Waals surface area contributed by atoms with Crippen molar-refractivity contribution in [2.24, 2.45) is 0 Å². The van der Waals surface area contributed by atoms with Gasteiger partial charge in [0.25, 0.3) is 5.91 Å². The second-order valence-electron chi connectivity index (χ2n) is 3.92. The van der Waals surface area contributed by atoms with Crippen LogP contribution in [0.5, 0.6) is 0 Å². The van der Waals surface area contributed by atoms with Crippen molar-refractivity contribution in [3.05, 3.63) is 35.9 Å². The summed E-state index contributed by atoms with van der Waals surface area (Å²) in [5.74, 6) is -1.36. The quantitative estimate of drug-likeness (QED) is 0.829. The van der Waals surface area contributed by atoms with Gasteiger partial charge in [0.2, 0.25) is 0 Å². The number of hydrogen-bond acceptors (Lipinski definition) is 3. The van der Waals surface area contributed by atoms with Gasteiger partial charge in [0.15, 0.2) is 6.04 Å². The van der Waals surface area contributed by atoms with Crippen molar-refractivity contribution >= 4 is 11.9 Å². The molecule has 0 radical (unpaired) electrons. The van der Waals surface area contributed by atoms with Gasteiger partial charge in [-0.1, -0.05) is 18.2 Å². The fourth-order valence-corrected chi connectivity index (χ4v) is 1.89. The summed E-state index contributed by atoms with van der Waals surface area (Å²) in [6.07, 6.45) is -0.486. The second kappa shape index (κ2) is 4.55. The van der Waals surface area contributed by atoms with E-state index in [2.05, 4.69) is 0 Å². The maximum Gasteiger partial charge on any atom is 0.329 e. The van der Waals surface area contributed by atoms with Crippen LogP contribution in [0, 0.1) is 0 Å². The lowest BCUT2D eigenvalue weighted by Gasteiger charge is -2.20. The number of ether oxygens (including phenoxy) is 1. The van der Waals surface area contributed by atoms with Crippen molar-refractivity contribution in [2.45, 2.75) is 19.1 Å². The van der Waals surface area contributed by atoms with Gasteiger partial charge in [-0.05, 0) is 19.1 Å². The minimum atomic E-state index is -1.04. The van der Waals surface area contributed by atoms with Crippen molar-refractivity contribution < 1.29 is 19.4 Å². The third kappa shape index (κ3) is 2.14. The predicted molar refractivity (Wildman–Crippen MR) is 59.4 cm³/mol. The van der Waals surface area contributed by atoms with Crippen molar-refractivity contribution in [3.63, 3.8) is 0 Å². The van der Waals surface area contributed by atoms with Crippen LogP contribution < -0.4 is 0 Å². The Labute approximate surface area is 98.6 Å².